The molecular weight excluding hydrogens is 706 g/mol. The van der Waals surface area contributed by atoms with Gasteiger partial charge in [-0.05, 0) is 136 Å². The Balaban J connectivity index is 0.991. The fourth-order valence-corrected chi connectivity index (χ4v) is 8.89. The summed E-state index contributed by atoms with van der Waals surface area (Å²) in [7, 11) is 0. The van der Waals surface area contributed by atoms with Gasteiger partial charge in [-0.3, -0.25) is 9.88 Å². The zero-order valence-electron chi connectivity index (χ0n) is 32.3. The predicted octanol–water partition coefficient (Wildman–Crippen LogP) is 9.82. The molecule has 0 unspecified atom stereocenters. The van der Waals surface area contributed by atoms with Gasteiger partial charge in [0.1, 0.15) is 36.5 Å². The number of pyridine rings is 1. The lowest BCUT2D eigenvalue weighted by Gasteiger charge is -2.50. The van der Waals surface area contributed by atoms with Crippen molar-refractivity contribution in [2.45, 2.75) is 85.0 Å². The van der Waals surface area contributed by atoms with E-state index in [0.717, 1.165) is 109 Å². The third-order valence-electron chi connectivity index (χ3n) is 12.0. The molecule has 3 fully saturated rings. The van der Waals surface area contributed by atoms with Crippen LogP contribution in [0.4, 0.5) is 0 Å². The lowest BCUT2D eigenvalue weighted by Crippen LogP contribution is -2.47. The zero-order valence-corrected chi connectivity index (χ0v) is 33.0. The normalized spacial score (nSPS) is 17.3. The van der Waals surface area contributed by atoms with Gasteiger partial charge in [-0.15, -0.1) is 0 Å². The van der Waals surface area contributed by atoms with Gasteiger partial charge in [0.2, 0.25) is 0 Å². The highest BCUT2D eigenvalue weighted by molar-refractivity contribution is 6.32. The zero-order chi connectivity index (χ0) is 38.2. The van der Waals surface area contributed by atoms with Gasteiger partial charge in [0, 0.05) is 48.6 Å². The fraction of sp³-hybridized carbons (Fsp3) is 0.457. The van der Waals surface area contributed by atoms with E-state index in [4.69, 9.17) is 25.8 Å². The molecule has 0 atom stereocenters. The van der Waals surface area contributed by atoms with Crippen LogP contribution < -0.4 is 14.2 Å². The highest BCUT2D eigenvalue weighted by Gasteiger charge is 2.45. The van der Waals surface area contributed by atoms with Crippen molar-refractivity contribution in [3.63, 3.8) is 0 Å². The number of hydrogen-bond acceptors (Lipinski definition) is 8. The molecule has 2 aliphatic heterocycles. The summed E-state index contributed by atoms with van der Waals surface area (Å²) in [4.78, 5) is 9.21. The average molecular weight is 758 g/mol. The second-order valence-corrected chi connectivity index (χ2v) is 16.2. The van der Waals surface area contributed by atoms with Crippen LogP contribution in [0, 0.1) is 47.8 Å². The molecule has 286 valence electrons. The summed E-state index contributed by atoms with van der Waals surface area (Å²) in [5, 5.41) is 19.1. The van der Waals surface area contributed by atoms with E-state index >= 15 is 0 Å². The lowest BCUT2D eigenvalue weighted by molar-refractivity contribution is 0.00611. The third kappa shape index (κ3) is 9.45. The van der Waals surface area contributed by atoms with Gasteiger partial charge >= 0.3 is 0 Å². The van der Waals surface area contributed by atoms with Crippen LogP contribution >= 0.6 is 11.6 Å². The largest absolute Gasteiger partial charge is 0.493 e. The fourth-order valence-electron chi connectivity index (χ4n) is 8.65. The number of piperidine rings is 2. The molecule has 3 heterocycles. The van der Waals surface area contributed by atoms with Crippen molar-refractivity contribution in [2.75, 3.05) is 39.3 Å². The minimum absolute atomic E-state index is 0.282. The molecule has 1 spiro atoms. The molecule has 1 aromatic heterocycles. The van der Waals surface area contributed by atoms with Crippen molar-refractivity contribution in [3.05, 3.63) is 105 Å². The van der Waals surface area contributed by atoms with Crippen molar-refractivity contribution in [1.29, 1.82) is 10.5 Å². The monoisotopic (exact) mass is 757 g/mol. The Morgan fingerprint density at radius 1 is 0.782 bits per heavy atom. The third-order valence-corrected chi connectivity index (χ3v) is 12.3. The molecule has 7 rings (SSSR count). The molecule has 0 bridgehead atoms. The maximum atomic E-state index is 9.35. The first kappa shape index (κ1) is 38.7. The first-order chi connectivity index (χ1) is 26.8. The molecule has 1 saturated carbocycles. The van der Waals surface area contributed by atoms with Gasteiger partial charge in [-0.2, -0.15) is 10.5 Å². The van der Waals surface area contributed by atoms with Crippen molar-refractivity contribution in [2.24, 2.45) is 11.3 Å². The SMILES string of the molecule is Cc1c(COc2cc(OCc3cncc(C#N)c3)c(CN3CCCCC3)cc2Cl)cccc1-c1cccc(OCCCN2CCC3(CC2)CC(C#N)C3)c1C. The van der Waals surface area contributed by atoms with E-state index in [0.29, 0.717) is 35.0 Å². The smallest absolute Gasteiger partial charge is 0.142 e. The van der Waals surface area contributed by atoms with Gasteiger partial charge in [0.25, 0.3) is 0 Å². The highest BCUT2D eigenvalue weighted by Crippen LogP contribution is 2.52. The number of halogens is 1. The summed E-state index contributed by atoms with van der Waals surface area (Å²) in [6, 6.07) is 23.0. The second-order valence-electron chi connectivity index (χ2n) is 15.8. The minimum atomic E-state index is 0.282. The highest BCUT2D eigenvalue weighted by atomic mass is 35.5. The Morgan fingerprint density at radius 3 is 2.29 bits per heavy atom. The van der Waals surface area contributed by atoms with E-state index in [9.17, 15) is 10.5 Å². The summed E-state index contributed by atoms with van der Waals surface area (Å²) in [6.07, 6.45) is 12.6. The number of benzene rings is 3. The summed E-state index contributed by atoms with van der Waals surface area (Å²) in [5.74, 6) is 2.50. The van der Waals surface area contributed by atoms with E-state index in [1.54, 1.807) is 18.5 Å². The van der Waals surface area contributed by atoms with Crippen molar-refractivity contribution in [1.82, 2.24) is 14.8 Å². The quantitative estimate of drug-likeness (QED) is 0.117. The van der Waals surface area contributed by atoms with Gasteiger partial charge in [-0.25, -0.2) is 0 Å². The van der Waals surface area contributed by atoms with Crippen molar-refractivity contribution >= 4 is 11.6 Å². The topological polar surface area (TPSA) is 94.6 Å². The number of ether oxygens (including phenoxy) is 3. The number of likely N-dealkylation sites (tertiary alicyclic amines) is 2. The molecule has 3 aromatic carbocycles. The van der Waals surface area contributed by atoms with Crippen LogP contribution in [0.2, 0.25) is 5.02 Å². The predicted molar refractivity (Wildman–Crippen MR) is 216 cm³/mol. The molecule has 8 nitrogen and oxygen atoms in total. The lowest BCUT2D eigenvalue weighted by atomic mass is 9.58. The van der Waals surface area contributed by atoms with E-state index in [-0.39, 0.29) is 12.5 Å². The van der Waals surface area contributed by atoms with E-state index in [1.165, 1.54) is 32.1 Å². The van der Waals surface area contributed by atoms with E-state index in [2.05, 4.69) is 77.2 Å². The summed E-state index contributed by atoms with van der Waals surface area (Å²) < 4.78 is 19.2. The Labute approximate surface area is 331 Å². The first-order valence-electron chi connectivity index (χ1n) is 19.9. The molecule has 1 aliphatic carbocycles. The molecule has 2 saturated heterocycles. The molecular formula is C46H52ClN5O3. The van der Waals surface area contributed by atoms with Crippen molar-refractivity contribution < 1.29 is 14.2 Å². The van der Waals surface area contributed by atoms with Gasteiger partial charge in [-0.1, -0.05) is 48.4 Å². The van der Waals surface area contributed by atoms with Crippen LogP contribution in [0.5, 0.6) is 17.2 Å². The maximum absolute atomic E-state index is 9.35. The summed E-state index contributed by atoms with van der Waals surface area (Å²) in [6.45, 7) is 11.8. The van der Waals surface area contributed by atoms with Crippen LogP contribution in [0.25, 0.3) is 11.1 Å². The van der Waals surface area contributed by atoms with E-state index < -0.39 is 0 Å². The maximum Gasteiger partial charge on any atom is 0.142 e. The van der Waals surface area contributed by atoms with Crippen LogP contribution in [0.3, 0.4) is 0 Å². The Bertz CT molecular complexity index is 2030. The Morgan fingerprint density at radius 2 is 1.53 bits per heavy atom. The second kappa shape index (κ2) is 17.9. The molecule has 3 aliphatic rings. The van der Waals surface area contributed by atoms with Gasteiger partial charge in [0.15, 0.2) is 0 Å². The molecule has 9 heteroatoms. The average Bonchev–Trinajstić information content (AvgIpc) is 3.20. The molecule has 0 amide bonds. The van der Waals surface area contributed by atoms with Crippen LogP contribution in [0.15, 0.2) is 67.0 Å². The molecule has 55 heavy (non-hydrogen) atoms. The summed E-state index contributed by atoms with van der Waals surface area (Å²) in [5.41, 5.74) is 8.46. The number of rotatable bonds is 14. The Kier molecular flexibility index (Phi) is 12.6. The number of hydrogen-bond donors (Lipinski definition) is 0. The summed E-state index contributed by atoms with van der Waals surface area (Å²) >= 11 is 6.90. The van der Waals surface area contributed by atoms with Gasteiger partial charge in [0.05, 0.1) is 23.3 Å². The van der Waals surface area contributed by atoms with Crippen LogP contribution in [-0.2, 0) is 19.8 Å². The molecule has 0 N–H and O–H groups in total. The first-order valence-corrected chi connectivity index (χ1v) is 20.3. The molecule has 0 radical (unpaired) electrons. The van der Waals surface area contributed by atoms with Crippen LogP contribution in [-0.4, -0.2) is 54.1 Å². The molecule has 4 aromatic rings. The number of aromatic nitrogens is 1. The number of nitriles is 2. The van der Waals surface area contributed by atoms with Crippen molar-refractivity contribution in [3.8, 4) is 40.5 Å². The van der Waals surface area contributed by atoms with Gasteiger partial charge < -0.3 is 19.1 Å². The van der Waals surface area contributed by atoms with E-state index in [1.807, 2.05) is 12.1 Å². The minimum Gasteiger partial charge on any atom is -0.493 e. The standard InChI is InChI=1S/C46H52ClN5O3/c1-33-38(32-55-45-23-44(54-31-36-21-35(26-48)28-50-29-36)39(22-42(45)47)30-52-15-4-3-5-16-52)9-6-10-40(33)41-11-7-12-43(34(41)2)53-20-8-17-51-18-13-46(14-19-51)24-37(25-46)27-49/h6-7,9-12,21-23,28-29,37H,3-5,8,13-20,24-25,30-32H2,1-2H3. The van der Waals surface area contributed by atoms with Crippen LogP contribution in [0.1, 0.15) is 84.7 Å². The number of nitrogens with zero attached hydrogens (tertiary/aromatic N) is 5. The Hall–Kier alpha value is -4.60.